The molecule has 0 spiro atoms. The highest BCUT2D eigenvalue weighted by molar-refractivity contribution is 5.79. The summed E-state index contributed by atoms with van der Waals surface area (Å²) in [5, 5.41) is 0. The van der Waals surface area contributed by atoms with Gasteiger partial charge in [-0.1, -0.05) is 0 Å². The summed E-state index contributed by atoms with van der Waals surface area (Å²) in [5.74, 6) is 0.490. The minimum atomic E-state index is 0.490. The molecular weight excluding hydrogens is 212 g/mol. The SMILES string of the molecule is CN1C2CCC1CN(C1CCCC(=O)C1)CC2. The average Bonchev–Trinajstić information content (AvgIpc) is 2.53. The lowest BCUT2D eigenvalue weighted by molar-refractivity contribution is -0.122. The molecule has 2 saturated heterocycles. The fourth-order valence-corrected chi connectivity index (χ4v) is 3.98. The van der Waals surface area contributed by atoms with Gasteiger partial charge in [0.15, 0.2) is 0 Å². The second-order valence-electron chi connectivity index (χ2n) is 6.12. The summed E-state index contributed by atoms with van der Waals surface area (Å²) < 4.78 is 0. The first kappa shape index (κ1) is 11.7. The standard InChI is InChI=1S/C14H24N2O/c1-15-11-5-6-13(15)10-16(8-7-11)12-3-2-4-14(17)9-12/h11-13H,2-10H2,1H3. The van der Waals surface area contributed by atoms with Crippen molar-refractivity contribution >= 4 is 5.78 Å². The Morgan fingerprint density at radius 3 is 2.71 bits per heavy atom. The highest BCUT2D eigenvalue weighted by atomic mass is 16.1. The van der Waals surface area contributed by atoms with Crippen LogP contribution in [0.2, 0.25) is 0 Å². The fraction of sp³-hybridized carbons (Fsp3) is 0.929. The molecule has 3 fully saturated rings. The molecule has 1 aliphatic carbocycles. The molecule has 0 aromatic rings. The van der Waals surface area contributed by atoms with Crippen LogP contribution in [0.3, 0.4) is 0 Å². The lowest BCUT2D eigenvalue weighted by Crippen LogP contribution is -2.44. The van der Waals surface area contributed by atoms with Crippen LogP contribution < -0.4 is 0 Å². The normalized spacial score (nSPS) is 40.5. The summed E-state index contributed by atoms with van der Waals surface area (Å²) >= 11 is 0. The molecule has 0 radical (unpaired) electrons. The maximum atomic E-state index is 11.6. The molecule has 0 N–H and O–H groups in total. The highest BCUT2D eigenvalue weighted by Gasteiger charge is 2.37. The van der Waals surface area contributed by atoms with Crippen molar-refractivity contribution in [2.45, 2.75) is 63.1 Å². The molecule has 2 aliphatic heterocycles. The Bertz CT molecular complexity index is 305. The molecule has 3 atom stereocenters. The zero-order valence-electron chi connectivity index (χ0n) is 10.9. The Morgan fingerprint density at radius 2 is 1.88 bits per heavy atom. The second kappa shape index (κ2) is 4.69. The minimum absolute atomic E-state index is 0.490. The van der Waals surface area contributed by atoms with E-state index in [4.69, 9.17) is 0 Å². The van der Waals surface area contributed by atoms with Gasteiger partial charge in [0.05, 0.1) is 0 Å². The molecule has 3 rings (SSSR count). The molecule has 0 amide bonds. The van der Waals surface area contributed by atoms with Crippen LogP contribution in [-0.4, -0.2) is 53.8 Å². The number of likely N-dealkylation sites (tertiary alicyclic amines) is 1. The van der Waals surface area contributed by atoms with Gasteiger partial charge in [0, 0.05) is 37.5 Å². The zero-order valence-corrected chi connectivity index (χ0v) is 10.9. The van der Waals surface area contributed by atoms with E-state index in [9.17, 15) is 4.79 Å². The first-order valence-electron chi connectivity index (χ1n) is 7.21. The molecule has 3 nitrogen and oxygen atoms in total. The number of carbonyl (C=O) groups excluding carboxylic acids is 1. The number of Topliss-reactive ketones (excluding diaryl/α,β-unsaturated/α-hetero) is 1. The van der Waals surface area contributed by atoms with E-state index in [1.807, 2.05) is 0 Å². The van der Waals surface area contributed by atoms with E-state index in [1.54, 1.807) is 0 Å². The number of rotatable bonds is 1. The molecule has 1 saturated carbocycles. The summed E-state index contributed by atoms with van der Waals surface area (Å²) in [7, 11) is 2.29. The summed E-state index contributed by atoms with van der Waals surface area (Å²) in [6.07, 6.45) is 8.06. The first-order chi connectivity index (χ1) is 8.24. The van der Waals surface area contributed by atoms with Gasteiger partial charge in [0.25, 0.3) is 0 Å². The fourth-order valence-electron chi connectivity index (χ4n) is 3.98. The molecule has 3 aliphatic rings. The highest BCUT2D eigenvalue weighted by Crippen LogP contribution is 2.31. The summed E-state index contributed by atoms with van der Waals surface area (Å²) in [6, 6.07) is 2.12. The number of fused-ring (bicyclic) bond motifs is 2. The average molecular weight is 236 g/mol. The number of hydrogen-bond acceptors (Lipinski definition) is 3. The maximum Gasteiger partial charge on any atom is 0.134 e. The molecule has 3 heteroatoms. The molecule has 2 heterocycles. The van der Waals surface area contributed by atoms with Crippen LogP contribution in [0, 0.1) is 0 Å². The largest absolute Gasteiger partial charge is 0.300 e. The van der Waals surface area contributed by atoms with Gasteiger partial charge in [0.2, 0.25) is 0 Å². The van der Waals surface area contributed by atoms with Crippen LogP contribution in [0.25, 0.3) is 0 Å². The molecule has 3 unspecified atom stereocenters. The van der Waals surface area contributed by atoms with Gasteiger partial charge in [-0.25, -0.2) is 0 Å². The third-order valence-corrected chi connectivity index (χ3v) is 5.15. The van der Waals surface area contributed by atoms with Crippen molar-refractivity contribution < 1.29 is 4.79 Å². The van der Waals surface area contributed by atoms with Crippen LogP contribution in [0.5, 0.6) is 0 Å². The number of nitrogens with zero attached hydrogens (tertiary/aromatic N) is 2. The van der Waals surface area contributed by atoms with Gasteiger partial charge in [0.1, 0.15) is 5.78 Å². The number of ketones is 1. The smallest absolute Gasteiger partial charge is 0.134 e. The van der Waals surface area contributed by atoms with E-state index in [1.165, 1.54) is 38.8 Å². The van der Waals surface area contributed by atoms with Crippen LogP contribution in [-0.2, 0) is 4.79 Å². The number of carbonyl (C=O) groups is 1. The van der Waals surface area contributed by atoms with Gasteiger partial charge in [-0.2, -0.15) is 0 Å². The Morgan fingerprint density at radius 1 is 1.06 bits per heavy atom. The van der Waals surface area contributed by atoms with E-state index in [0.29, 0.717) is 11.8 Å². The van der Waals surface area contributed by atoms with Gasteiger partial charge in [-0.3, -0.25) is 14.6 Å². The maximum absolute atomic E-state index is 11.6. The van der Waals surface area contributed by atoms with Crippen molar-refractivity contribution in [1.29, 1.82) is 0 Å². The van der Waals surface area contributed by atoms with Crippen molar-refractivity contribution in [1.82, 2.24) is 9.80 Å². The lowest BCUT2D eigenvalue weighted by atomic mass is 9.92. The number of hydrogen-bond donors (Lipinski definition) is 0. The molecule has 96 valence electrons. The predicted molar refractivity (Wildman–Crippen MR) is 68.0 cm³/mol. The first-order valence-corrected chi connectivity index (χ1v) is 7.21. The molecule has 0 aromatic carbocycles. The Kier molecular flexibility index (Phi) is 3.22. The van der Waals surface area contributed by atoms with E-state index in [0.717, 1.165) is 31.3 Å². The molecular formula is C14H24N2O. The Balaban J connectivity index is 1.66. The number of likely N-dealkylation sites (N-methyl/N-ethyl adjacent to an activating group) is 1. The van der Waals surface area contributed by atoms with E-state index >= 15 is 0 Å². The van der Waals surface area contributed by atoms with E-state index < -0.39 is 0 Å². The van der Waals surface area contributed by atoms with Crippen molar-refractivity contribution in [2.24, 2.45) is 0 Å². The lowest BCUT2D eigenvalue weighted by Gasteiger charge is -2.35. The van der Waals surface area contributed by atoms with Crippen LogP contribution in [0.4, 0.5) is 0 Å². The van der Waals surface area contributed by atoms with Gasteiger partial charge in [-0.05, 0) is 45.7 Å². The minimum Gasteiger partial charge on any atom is -0.300 e. The monoisotopic (exact) mass is 236 g/mol. The second-order valence-corrected chi connectivity index (χ2v) is 6.12. The topological polar surface area (TPSA) is 23.6 Å². The predicted octanol–water partition coefficient (Wildman–Crippen LogP) is 1.67. The van der Waals surface area contributed by atoms with Crippen molar-refractivity contribution in [3.8, 4) is 0 Å². The van der Waals surface area contributed by atoms with Crippen molar-refractivity contribution in [2.75, 3.05) is 20.1 Å². The van der Waals surface area contributed by atoms with E-state index in [2.05, 4.69) is 16.8 Å². The van der Waals surface area contributed by atoms with Gasteiger partial charge < -0.3 is 0 Å². The van der Waals surface area contributed by atoms with Crippen LogP contribution in [0.1, 0.15) is 44.9 Å². The van der Waals surface area contributed by atoms with Crippen molar-refractivity contribution in [3.05, 3.63) is 0 Å². The van der Waals surface area contributed by atoms with E-state index in [-0.39, 0.29) is 0 Å². The summed E-state index contributed by atoms with van der Waals surface area (Å²) in [6.45, 7) is 2.41. The summed E-state index contributed by atoms with van der Waals surface area (Å²) in [4.78, 5) is 16.8. The van der Waals surface area contributed by atoms with Crippen molar-refractivity contribution in [3.63, 3.8) is 0 Å². The third-order valence-electron chi connectivity index (χ3n) is 5.15. The van der Waals surface area contributed by atoms with Crippen LogP contribution in [0.15, 0.2) is 0 Å². The quantitative estimate of drug-likeness (QED) is 0.692. The van der Waals surface area contributed by atoms with Gasteiger partial charge in [-0.15, -0.1) is 0 Å². The Hall–Kier alpha value is -0.410. The summed E-state index contributed by atoms with van der Waals surface area (Å²) in [5.41, 5.74) is 0. The Labute approximate surface area is 104 Å². The molecule has 0 aromatic heterocycles. The molecule has 2 bridgehead atoms. The van der Waals surface area contributed by atoms with Gasteiger partial charge >= 0.3 is 0 Å². The zero-order chi connectivity index (χ0) is 11.8. The van der Waals surface area contributed by atoms with Crippen LogP contribution >= 0.6 is 0 Å². The third kappa shape index (κ3) is 2.27. The molecule has 17 heavy (non-hydrogen) atoms.